The minimum absolute atomic E-state index is 0.0768. The second-order valence-electron chi connectivity index (χ2n) is 6.58. The van der Waals surface area contributed by atoms with Gasteiger partial charge in [-0.15, -0.1) is 23.1 Å². The third kappa shape index (κ3) is 6.61. The summed E-state index contributed by atoms with van der Waals surface area (Å²) in [5.74, 6) is 1.67. The molecule has 1 heterocycles. The molecule has 4 nitrogen and oxygen atoms in total. The van der Waals surface area contributed by atoms with E-state index in [2.05, 4.69) is 22.8 Å². The molecular weight excluding hydrogens is 400 g/mol. The first-order chi connectivity index (χ1) is 14.2. The van der Waals surface area contributed by atoms with Gasteiger partial charge in [-0.3, -0.25) is 4.79 Å². The lowest BCUT2D eigenvalue weighted by Crippen LogP contribution is -2.32. The molecule has 2 aromatic carbocycles. The minimum Gasteiger partial charge on any atom is -0.494 e. The van der Waals surface area contributed by atoms with E-state index >= 15 is 0 Å². The van der Waals surface area contributed by atoms with E-state index in [9.17, 15) is 4.79 Å². The lowest BCUT2D eigenvalue weighted by molar-refractivity contribution is -0.120. The number of nitrogens with zero attached hydrogens (tertiary/aromatic N) is 1. The molecule has 0 saturated carbocycles. The van der Waals surface area contributed by atoms with Crippen molar-refractivity contribution in [2.45, 2.75) is 31.3 Å². The minimum atomic E-state index is -0.110. The number of ether oxygens (including phenoxy) is 1. The number of nitrogens with one attached hydrogen (secondary N) is 1. The van der Waals surface area contributed by atoms with Crippen molar-refractivity contribution in [2.75, 3.05) is 13.2 Å². The van der Waals surface area contributed by atoms with Crippen LogP contribution >= 0.6 is 23.1 Å². The van der Waals surface area contributed by atoms with Gasteiger partial charge in [-0.1, -0.05) is 30.3 Å². The van der Waals surface area contributed by atoms with Gasteiger partial charge in [0.1, 0.15) is 10.8 Å². The van der Waals surface area contributed by atoms with Crippen LogP contribution in [0.4, 0.5) is 0 Å². The van der Waals surface area contributed by atoms with Gasteiger partial charge < -0.3 is 10.1 Å². The van der Waals surface area contributed by atoms with Crippen LogP contribution in [0.1, 0.15) is 25.1 Å². The average Bonchev–Trinajstić information content (AvgIpc) is 3.22. The fraction of sp³-hybridized carbons (Fsp3) is 0.304. The van der Waals surface area contributed by atoms with Crippen molar-refractivity contribution in [1.82, 2.24) is 10.3 Å². The average molecular weight is 427 g/mol. The summed E-state index contributed by atoms with van der Waals surface area (Å²) in [6, 6.07) is 18.2. The van der Waals surface area contributed by atoms with E-state index in [0.29, 0.717) is 13.2 Å². The summed E-state index contributed by atoms with van der Waals surface area (Å²) in [4.78, 5) is 17.0. The van der Waals surface area contributed by atoms with Crippen LogP contribution in [0.25, 0.3) is 10.6 Å². The van der Waals surface area contributed by atoms with Gasteiger partial charge in [0.15, 0.2) is 0 Å². The highest BCUT2D eigenvalue weighted by Gasteiger charge is 2.14. The van der Waals surface area contributed by atoms with Crippen molar-refractivity contribution in [3.05, 3.63) is 71.2 Å². The van der Waals surface area contributed by atoms with Crippen molar-refractivity contribution >= 4 is 29.0 Å². The number of hydrogen-bond acceptors (Lipinski definition) is 5. The Morgan fingerprint density at radius 2 is 1.93 bits per heavy atom. The molecule has 6 heteroatoms. The molecule has 3 aromatic rings. The highest BCUT2D eigenvalue weighted by molar-refractivity contribution is 7.99. The number of thiazole rings is 1. The van der Waals surface area contributed by atoms with Crippen LogP contribution in [0.5, 0.6) is 5.75 Å². The molecule has 1 atom stereocenters. The highest BCUT2D eigenvalue weighted by Crippen LogP contribution is 2.28. The van der Waals surface area contributed by atoms with Crippen LogP contribution in [0.2, 0.25) is 0 Å². The fourth-order valence-corrected chi connectivity index (χ4v) is 4.51. The van der Waals surface area contributed by atoms with Crippen molar-refractivity contribution in [1.29, 1.82) is 0 Å². The number of rotatable bonds is 10. The molecule has 0 saturated heterocycles. The molecule has 0 bridgehead atoms. The van der Waals surface area contributed by atoms with E-state index in [0.717, 1.165) is 34.2 Å². The monoisotopic (exact) mass is 426 g/mol. The van der Waals surface area contributed by atoms with Gasteiger partial charge in [0.05, 0.1) is 17.6 Å². The second-order valence-corrected chi connectivity index (χ2v) is 8.77. The topological polar surface area (TPSA) is 51.2 Å². The van der Waals surface area contributed by atoms with Crippen LogP contribution in [0, 0.1) is 0 Å². The molecule has 3 rings (SSSR count). The number of benzene rings is 2. The number of aromatic nitrogens is 1. The van der Waals surface area contributed by atoms with Crippen molar-refractivity contribution in [3.63, 3.8) is 0 Å². The van der Waals surface area contributed by atoms with Gasteiger partial charge in [-0.25, -0.2) is 4.98 Å². The fourth-order valence-electron chi connectivity index (χ4n) is 2.77. The van der Waals surface area contributed by atoms with E-state index in [1.54, 1.807) is 23.1 Å². The zero-order valence-corrected chi connectivity index (χ0v) is 18.4. The number of hydrogen-bond donors (Lipinski definition) is 1. The molecule has 1 amide bonds. The lowest BCUT2D eigenvalue weighted by atomic mass is 10.1. The summed E-state index contributed by atoms with van der Waals surface area (Å²) in [5.41, 5.74) is 3.33. The Morgan fingerprint density at radius 3 is 2.66 bits per heavy atom. The number of carbonyl (C=O) groups is 1. The molecule has 0 unspecified atom stereocenters. The molecule has 0 spiro atoms. The Hall–Kier alpha value is -2.31. The second kappa shape index (κ2) is 11.0. The predicted molar refractivity (Wildman–Crippen MR) is 123 cm³/mol. The highest BCUT2D eigenvalue weighted by atomic mass is 32.2. The zero-order chi connectivity index (χ0) is 20.5. The normalized spacial score (nSPS) is 11.8. The molecule has 29 heavy (non-hydrogen) atoms. The van der Waals surface area contributed by atoms with Gasteiger partial charge in [-0.05, 0) is 50.1 Å². The third-order valence-electron chi connectivity index (χ3n) is 4.37. The van der Waals surface area contributed by atoms with E-state index < -0.39 is 0 Å². The lowest BCUT2D eigenvalue weighted by Gasteiger charge is -2.11. The first-order valence-electron chi connectivity index (χ1n) is 9.76. The number of carbonyl (C=O) groups excluding carboxylic acids is 1. The van der Waals surface area contributed by atoms with Gasteiger partial charge in [-0.2, -0.15) is 0 Å². The van der Waals surface area contributed by atoms with Crippen LogP contribution in [0.15, 0.2) is 60.0 Å². The van der Waals surface area contributed by atoms with Crippen LogP contribution < -0.4 is 10.1 Å². The molecule has 0 radical (unpaired) electrons. The van der Waals surface area contributed by atoms with E-state index in [-0.39, 0.29) is 11.2 Å². The quantitative estimate of drug-likeness (QED) is 0.485. The molecule has 0 aliphatic carbocycles. The molecule has 0 fully saturated rings. The van der Waals surface area contributed by atoms with Gasteiger partial charge >= 0.3 is 0 Å². The number of amides is 1. The Kier molecular flexibility index (Phi) is 8.14. The first kappa shape index (κ1) is 21.4. The Labute approximate surface area is 180 Å². The number of thioether (sulfide) groups is 1. The molecular formula is C23H26N2O2S2. The van der Waals surface area contributed by atoms with E-state index in [1.807, 2.05) is 56.3 Å². The smallest absolute Gasteiger partial charge is 0.232 e. The summed E-state index contributed by atoms with van der Waals surface area (Å²) < 4.78 is 5.48. The Balaban J connectivity index is 1.44. The maximum Gasteiger partial charge on any atom is 0.232 e. The molecule has 1 N–H and O–H groups in total. The van der Waals surface area contributed by atoms with Crippen molar-refractivity contribution in [3.8, 4) is 16.3 Å². The summed E-state index contributed by atoms with van der Waals surface area (Å²) in [6.07, 6.45) is 0.849. The van der Waals surface area contributed by atoms with E-state index in [4.69, 9.17) is 9.72 Å². The summed E-state index contributed by atoms with van der Waals surface area (Å²) in [7, 11) is 0. The molecule has 0 aliphatic rings. The summed E-state index contributed by atoms with van der Waals surface area (Å²) in [5, 5.41) is 5.97. The largest absolute Gasteiger partial charge is 0.494 e. The predicted octanol–water partition coefficient (Wildman–Crippen LogP) is 5.19. The van der Waals surface area contributed by atoms with Crippen molar-refractivity contribution < 1.29 is 9.53 Å². The maximum absolute atomic E-state index is 12.3. The zero-order valence-electron chi connectivity index (χ0n) is 16.8. The maximum atomic E-state index is 12.3. The standard InChI is InChI=1S/C23H26N2O2S2/c1-3-27-21-11-9-19(10-12-21)23-25-20(16-29-23)15-28-17(2)22(26)24-14-13-18-7-5-4-6-8-18/h4-12,16-17H,3,13-15H2,1-2H3,(H,24,26)/t17-/m1/s1. The molecule has 1 aromatic heterocycles. The summed E-state index contributed by atoms with van der Waals surface area (Å²) in [6.45, 7) is 5.24. The summed E-state index contributed by atoms with van der Waals surface area (Å²) >= 11 is 3.24. The van der Waals surface area contributed by atoms with Crippen LogP contribution in [0.3, 0.4) is 0 Å². The SMILES string of the molecule is CCOc1ccc(-c2nc(CS[C@H](C)C(=O)NCCc3ccccc3)cs2)cc1. The van der Waals surface area contributed by atoms with Gasteiger partial charge in [0.2, 0.25) is 5.91 Å². The van der Waals surface area contributed by atoms with Crippen LogP contribution in [-0.4, -0.2) is 29.3 Å². The first-order valence-corrected chi connectivity index (χ1v) is 11.7. The molecule has 0 aliphatic heterocycles. The van der Waals surface area contributed by atoms with E-state index in [1.165, 1.54) is 5.56 Å². The van der Waals surface area contributed by atoms with Crippen LogP contribution in [-0.2, 0) is 17.0 Å². The molecule has 152 valence electrons. The third-order valence-corrected chi connectivity index (χ3v) is 6.49. The van der Waals surface area contributed by atoms with Gasteiger partial charge in [0.25, 0.3) is 0 Å². The Bertz CT molecular complexity index is 895. The van der Waals surface area contributed by atoms with Gasteiger partial charge in [0, 0.05) is 23.2 Å². The van der Waals surface area contributed by atoms with Crippen molar-refractivity contribution in [2.24, 2.45) is 0 Å². The Morgan fingerprint density at radius 1 is 1.17 bits per heavy atom.